The van der Waals surface area contributed by atoms with Crippen molar-refractivity contribution in [2.75, 3.05) is 19.8 Å². The minimum Gasteiger partial charge on any atom is -0.377 e. The highest BCUT2D eigenvalue weighted by atomic mass is 19.4. The van der Waals surface area contributed by atoms with Gasteiger partial charge >= 0.3 is 12.2 Å². The maximum Gasteiger partial charge on any atom is 0.408 e. The fourth-order valence-electron chi connectivity index (χ4n) is 2.54. The van der Waals surface area contributed by atoms with Gasteiger partial charge in [-0.3, -0.25) is 5.10 Å². The Labute approximate surface area is 138 Å². The molecule has 1 aromatic heterocycles. The molecule has 2 heterocycles. The number of aromatic amines is 1. The number of aromatic nitrogens is 3. The number of halogens is 3. The van der Waals surface area contributed by atoms with Crippen LogP contribution >= 0.6 is 0 Å². The van der Waals surface area contributed by atoms with E-state index in [1.165, 1.54) is 11.2 Å². The molecule has 2 amide bonds. The molecule has 2 rings (SSSR count). The van der Waals surface area contributed by atoms with Gasteiger partial charge in [0.25, 0.3) is 0 Å². The number of rotatable bonds is 3. The molecule has 0 radical (unpaired) electrons. The second-order valence-corrected chi connectivity index (χ2v) is 6.96. The molecule has 1 fully saturated rings. The summed E-state index contributed by atoms with van der Waals surface area (Å²) in [4.78, 5) is 17.7. The van der Waals surface area contributed by atoms with E-state index in [2.05, 4.69) is 20.5 Å². The van der Waals surface area contributed by atoms with Gasteiger partial charge in [0.05, 0.1) is 13.2 Å². The molecule has 2 N–H and O–H groups in total. The molecule has 0 aromatic carbocycles. The Morgan fingerprint density at radius 2 is 2.21 bits per heavy atom. The maximum atomic E-state index is 13.3. The number of carbonyl (C=O) groups excluding carboxylic acids is 1. The first-order valence-electron chi connectivity index (χ1n) is 7.65. The Hall–Kier alpha value is -1.84. The molecule has 10 heteroatoms. The van der Waals surface area contributed by atoms with Crippen LogP contribution in [0.3, 0.4) is 0 Å². The third-order valence-corrected chi connectivity index (χ3v) is 3.65. The third-order valence-electron chi connectivity index (χ3n) is 3.65. The summed E-state index contributed by atoms with van der Waals surface area (Å²) >= 11 is 0. The number of urea groups is 1. The lowest BCUT2D eigenvalue weighted by molar-refractivity contribution is -0.160. The van der Waals surface area contributed by atoms with E-state index in [0.717, 1.165) is 0 Å². The SMILES string of the molecule is CC(C)(C)C[C@H](NC(=O)N1CCOC[C@@H]1c1ncn[nH]1)C(F)(F)F. The molecule has 0 aliphatic carbocycles. The number of hydrogen-bond donors (Lipinski definition) is 2. The van der Waals surface area contributed by atoms with Crippen molar-refractivity contribution in [2.45, 2.75) is 45.5 Å². The highest BCUT2D eigenvalue weighted by Gasteiger charge is 2.44. The molecular formula is C14H22F3N5O2. The zero-order chi connectivity index (χ0) is 18.0. The second-order valence-electron chi connectivity index (χ2n) is 6.96. The summed E-state index contributed by atoms with van der Waals surface area (Å²) in [5.41, 5.74) is -0.581. The maximum absolute atomic E-state index is 13.3. The Morgan fingerprint density at radius 3 is 2.75 bits per heavy atom. The Bertz CT molecular complexity index is 542. The molecule has 24 heavy (non-hydrogen) atoms. The number of carbonyl (C=O) groups is 1. The molecule has 2 atom stereocenters. The van der Waals surface area contributed by atoms with E-state index in [0.29, 0.717) is 5.82 Å². The Kier molecular flexibility index (Phi) is 5.36. The summed E-state index contributed by atoms with van der Waals surface area (Å²) in [5.74, 6) is 0.379. The lowest BCUT2D eigenvalue weighted by Gasteiger charge is -2.36. The van der Waals surface area contributed by atoms with Crippen molar-refractivity contribution in [1.82, 2.24) is 25.4 Å². The molecule has 0 bridgehead atoms. The quantitative estimate of drug-likeness (QED) is 0.877. The number of hydrogen-bond acceptors (Lipinski definition) is 4. The fourth-order valence-corrected chi connectivity index (χ4v) is 2.54. The fraction of sp³-hybridized carbons (Fsp3) is 0.786. The van der Waals surface area contributed by atoms with Crippen LogP contribution in [0.2, 0.25) is 0 Å². The van der Waals surface area contributed by atoms with Gasteiger partial charge in [0, 0.05) is 6.54 Å². The topological polar surface area (TPSA) is 83.1 Å². The van der Waals surface area contributed by atoms with Gasteiger partial charge in [-0.25, -0.2) is 9.78 Å². The molecule has 1 aromatic rings. The van der Waals surface area contributed by atoms with Crippen molar-refractivity contribution < 1.29 is 22.7 Å². The molecule has 136 valence electrons. The van der Waals surface area contributed by atoms with Crippen molar-refractivity contribution in [3.8, 4) is 0 Å². The van der Waals surface area contributed by atoms with Crippen molar-refractivity contribution in [3.05, 3.63) is 12.2 Å². The van der Waals surface area contributed by atoms with Crippen LogP contribution < -0.4 is 5.32 Å². The molecule has 0 unspecified atom stereocenters. The van der Waals surface area contributed by atoms with Gasteiger partial charge in [0.1, 0.15) is 24.2 Å². The number of amides is 2. The number of ether oxygens (including phenoxy) is 1. The van der Waals surface area contributed by atoms with Crippen LogP contribution in [0.25, 0.3) is 0 Å². The first-order chi connectivity index (χ1) is 11.1. The normalized spacial score (nSPS) is 20.8. The van der Waals surface area contributed by atoms with E-state index >= 15 is 0 Å². The van der Waals surface area contributed by atoms with Crippen LogP contribution in [-0.2, 0) is 4.74 Å². The predicted octanol–water partition coefficient (Wildman–Crippen LogP) is 2.25. The van der Waals surface area contributed by atoms with Gasteiger partial charge in [-0.05, 0) is 11.8 Å². The van der Waals surface area contributed by atoms with Crippen LogP contribution in [-0.4, -0.2) is 58.1 Å². The lowest BCUT2D eigenvalue weighted by Crippen LogP contribution is -2.55. The van der Waals surface area contributed by atoms with Crippen molar-refractivity contribution in [1.29, 1.82) is 0 Å². The standard InChI is InChI=1S/C14H22F3N5O2/c1-13(2,3)6-10(14(15,16)17)20-12(23)22-4-5-24-7-9(22)11-18-8-19-21-11/h8-10H,4-7H2,1-3H3,(H,20,23)(H,18,19,21)/t9-,10+/m1/s1. The van der Waals surface area contributed by atoms with Gasteiger partial charge in [0.15, 0.2) is 0 Å². The van der Waals surface area contributed by atoms with Gasteiger partial charge in [0.2, 0.25) is 0 Å². The average Bonchev–Trinajstić information content (AvgIpc) is 2.98. The molecule has 1 saturated heterocycles. The monoisotopic (exact) mass is 349 g/mol. The van der Waals surface area contributed by atoms with E-state index < -0.39 is 29.7 Å². The molecule has 1 aliphatic heterocycles. The van der Waals surface area contributed by atoms with E-state index in [1.54, 1.807) is 20.8 Å². The Balaban J connectivity index is 2.12. The van der Waals surface area contributed by atoms with Gasteiger partial charge in [-0.1, -0.05) is 20.8 Å². The molecule has 1 aliphatic rings. The van der Waals surface area contributed by atoms with Crippen molar-refractivity contribution >= 4 is 6.03 Å². The third kappa shape index (κ3) is 4.83. The highest BCUT2D eigenvalue weighted by Crippen LogP contribution is 2.31. The summed E-state index contributed by atoms with van der Waals surface area (Å²) < 4.78 is 45.1. The summed E-state index contributed by atoms with van der Waals surface area (Å²) in [6, 6.07) is -3.29. The predicted molar refractivity (Wildman–Crippen MR) is 79.1 cm³/mol. The number of nitrogens with one attached hydrogen (secondary N) is 2. The first-order valence-corrected chi connectivity index (χ1v) is 7.65. The van der Waals surface area contributed by atoms with Gasteiger partial charge < -0.3 is 15.0 Å². The van der Waals surface area contributed by atoms with Gasteiger partial charge in [-0.15, -0.1) is 0 Å². The molecule has 0 saturated carbocycles. The van der Waals surface area contributed by atoms with E-state index in [1.807, 2.05) is 0 Å². The zero-order valence-corrected chi connectivity index (χ0v) is 13.9. The molecule has 0 spiro atoms. The van der Waals surface area contributed by atoms with Gasteiger partial charge in [-0.2, -0.15) is 18.3 Å². The number of nitrogens with zero attached hydrogens (tertiary/aromatic N) is 3. The highest BCUT2D eigenvalue weighted by molar-refractivity contribution is 5.75. The van der Waals surface area contributed by atoms with Crippen LogP contribution in [0.5, 0.6) is 0 Å². The summed E-state index contributed by atoms with van der Waals surface area (Å²) in [6.45, 7) is 5.68. The van der Waals surface area contributed by atoms with Crippen molar-refractivity contribution in [3.63, 3.8) is 0 Å². The van der Waals surface area contributed by atoms with Crippen LogP contribution in [0, 0.1) is 5.41 Å². The summed E-state index contributed by atoms with van der Waals surface area (Å²) in [7, 11) is 0. The lowest BCUT2D eigenvalue weighted by atomic mass is 9.88. The van der Waals surface area contributed by atoms with E-state index in [-0.39, 0.29) is 26.2 Å². The largest absolute Gasteiger partial charge is 0.408 e. The smallest absolute Gasteiger partial charge is 0.377 e. The minimum atomic E-state index is -4.52. The zero-order valence-electron chi connectivity index (χ0n) is 13.9. The summed E-state index contributed by atoms with van der Waals surface area (Å²) in [5, 5.41) is 8.46. The van der Waals surface area contributed by atoms with E-state index in [9.17, 15) is 18.0 Å². The number of H-pyrrole nitrogens is 1. The second kappa shape index (κ2) is 6.96. The van der Waals surface area contributed by atoms with Crippen LogP contribution in [0.1, 0.15) is 39.1 Å². The summed E-state index contributed by atoms with van der Waals surface area (Å²) in [6.07, 6.45) is -3.45. The number of alkyl halides is 3. The first kappa shape index (κ1) is 18.5. The average molecular weight is 349 g/mol. The Morgan fingerprint density at radius 1 is 1.50 bits per heavy atom. The van der Waals surface area contributed by atoms with Crippen LogP contribution in [0.4, 0.5) is 18.0 Å². The van der Waals surface area contributed by atoms with Crippen molar-refractivity contribution in [2.24, 2.45) is 5.41 Å². The molecular weight excluding hydrogens is 327 g/mol. The number of morpholine rings is 1. The minimum absolute atomic E-state index is 0.151. The van der Waals surface area contributed by atoms with Crippen LogP contribution in [0.15, 0.2) is 6.33 Å². The molecule has 7 nitrogen and oxygen atoms in total. The van der Waals surface area contributed by atoms with E-state index in [4.69, 9.17) is 4.74 Å².